The molecule has 1 saturated heterocycles. The molecule has 45 heavy (non-hydrogen) atoms. The number of ether oxygens (including phenoxy) is 5. The maximum atomic E-state index is 13.4. The topological polar surface area (TPSA) is 135 Å². The van der Waals surface area contributed by atoms with Crippen LogP contribution in [0.3, 0.4) is 0 Å². The van der Waals surface area contributed by atoms with E-state index >= 15 is 0 Å². The van der Waals surface area contributed by atoms with E-state index < -0.39 is 22.8 Å². The average molecular weight is 623 g/mol. The molecule has 0 bridgehead atoms. The van der Waals surface area contributed by atoms with Gasteiger partial charge < -0.3 is 29.0 Å². The van der Waals surface area contributed by atoms with Gasteiger partial charge in [-0.25, -0.2) is 9.59 Å². The van der Waals surface area contributed by atoms with Gasteiger partial charge in [-0.05, 0) is 68.7 Å². The molecule has 2 aliphatic heterocycles. The van der Waals surface area contributed by atoms with E-state index in [4.69, 9.17) is 23.7 Å². The molecular formula is C34H42N2O9. The normalized spacial score (nSPS) is 18.3. The molecule has 0 aromatic heterocycles. The van der Waals surface area contributed by atoms with Gasteiger partial charge in [-0.3, -0.25) is 10.1 Å². The van der Waals surface area contributed by atoms with Crippen LogP contribution in [-0.4, -0.2) is 56.7 Å². The van der Waals surface area contributed by atoms with Gasteiger partial charge in [0.25, 0.3) is 5.69 Å². The summed E-state index contributed by atoms with van der Waals surface area (Å²) in [5, 5.41) is 14.6. The SMILES string of the molecule is CCC1=C(C(=O)OC)C(c2cccc([N+](=O)[O-])c2)C(C(=O)OCCCOc2ccc(CCCOC3CCCCO3)cc2)=C(C)N1. The molecule has 1 N–H and O–H groups in total. The fourth-order valence-electron chi connectivity index (χ4n) is 5.53. The molecule has 2 atom stereocenters. The summed E-state index contributed by atoms with van der Waals surface area (Å²) < 4.78 is 27.9. The van der Waals surface area contributed by atoms with E-state index in [1.165, 1.54) is 30.9 Å². The minimum atomic E-state index is -0.900. The summed E-state index contributed by atoms with van der Waals surface area (Å²) in [5.41, 5.74) is 2.96. The molecule has 2 aromatic carbocycles. The van der Waals surface area contributed by atoms with Gasteiger partial charge in [0, 0.05) is 36.6 Å². The molecule has 0 aliphatic carbocycles. The average Bonchev–Trinajstić information content (AvgIpc) is 3.06. The number of rotatable bonds is 15. The van der Waals surface area contributed by atoms with Crippen LogP contribution < -0.4 is 10.1 Å². The monoisotopic (exact) mass is 622 g/mol. The van der Waals surface area contributed by atoms with Crippen molar-refractivity contribution in [3.05, 3.63) is 92.3 Å². The van der Waals surface area contributed by atoms with Crippen LogP contribution in [0.5, 0.6) is 5.75 Å². The second kappa shape index (κ2) is 16.7. The molecule has 2 heterocycles. The Labute approximate surface area is 263 Å². The number of hydrogen-bond donors (Lipinski definition) is 1. The number of nitro groups is 1. The number of benzene rings is 2. The summed E-state index contributed by atoms with van der Waals surface area (Å²) >= 11 is 0. The number of carbonyl (C=O) groups is 2. The van der Waals surface area contributed by atoms with Gasteiger partial charge in [-0.1, -0.05) is 31.2 Å². The number of nitro benzene ring substituents is 1. The Morgan fingerprint density at radius 3 is 2.51 bits per heavy atom. The van der Waals surface area contributed by atoms with Gasteiger partial charge in [0.1, 0.15) is 5.75 Å². The third-order valence-electron chi connectivity index (χ3n) is 7.80. The predicted molar refractivity (Wildman–Crippen MR) is 166 cm³/mol. The van der Waals surface area contributed by atoms with Crippen LogP contribution >= 0.6 is 0 Å². The Balaban J connectivity index is 1.31. The van der Waals surface area contributed by atoms with Crippen LogP contribution in [0.1, 0.15) is 69.4 Å². The van der Waals surface area contributed by atoms with Gasteiger partial charge in [0.15, 0.2) is 6.29 Å². The Hall–Kier alpha value is -4.22. The maximum Gasteiger partial charge on any atom is 0.336 e. The van der Waals surface area contributed by atoms with E-state index in [1.807, 2.05) is 31.2 Å². The molecule has 0 amide bonds. The summed E-state index contributed by atoms with van der Waals surface area (Å²) in [6, 6.07) is 13.8. The predicted octanol–water partition coefficient (Wildman–Crippen LogP) is 5.88. The van der Waals surface area contributed by atoms with E-state index in [-0.39, 0.29) is 29.7 Å². The van der Waals surface area contributed by atoms with Crippen molar-refractivity contribution in [2.24, 2.45) is 0 Å². The molecule has 242 valence electrons. The van der Waals surface area contributed by atoms with Crippen molar-refractivity contribution in [1.82, 2.24) is 5.32 Å². The lowest BCUT2D eigenvalue weighted by molar-refractivity contribution is -0.384. The third-order valence-corrected chi connectivity index (χ3v) is 7.80. The number of nitrogens with zero attached hydrogens (tertiary/aromatic N) is 1. The van der Waals surface area contributed by atoms with Crippen LogP contribution in [-0.2, 0) is 35.0 Å². The lowest BCUT2D eigenvalue weighted by Crippen LogP contribution is -2.33. The van der Waals surface area contributed by atoms with Crippen molar-refractivity contribution in [3.63, 3.8) is 0 Å². The Kier molecular flexibility index (Phi) is 12.5. The summed E-state index contributed by atoms with van der Waals surface area (Å²) in [5.74, 6) is -1.44. The summed E-state index contributed by atoms with van der Waals surface area (Å²) in [6.07, 6.45) is 5.87. The van der Waals surface area contributed by atoms with Crippen molar-refractivity contribution in [3.8, 4) is 5.75 Å². The fourth-order valence-corrected chi connectivity index (χ4v) is 5.53. The van der Waals surface area contributed by atoms with Crippen molar-refractivity contribution in [2.45, 2.75) is 71.0 Å². The summed E-state index contributed by atoms with van der Waals surface area (Å²) in [6.45, 7) is 5.44. The molecule has 2 aromatic rings. The first kappa shape index (κ1) is 33.7. The number of allylic oxidation sites excluding steroid dienone is 2. The molecular weight excluding hydrogens is 580 g/mol. The van der Waals surface area contributed by atoms with Gasteiger partial charge in [-0.2, -0.15) is 0 Å². The summed E-state index contributed by atoms with van der Waals surface area (Å²) in [4.78, 5) is 37.4. The van der Waals surface area contributed by atoms with Crippen molar-refractivity contribution in [2.75, 3.05) is 33.5 Å². The highest BCUT2D eigenvalue weighted by Crippen LogP contribution is 2.40. The van der Waals surface area contributed by atoms with Gasteiger partial charge in [0.05, 0.1) is 48.9 Å². The van der Waals surface area contributed by atoms with Crippen molar-refractivity contribution in [1.29, 1.82) is 0 Å². The zero-order valence-electron chi connectivity index (χ0n) is 26.2. The Morgan fingerprint density at radius 1 is 1.02 bits per heavy atom. The van der Waals surface area contributed by atoms with Gasteiger partial charge in [0.2, 0.25) is 0 Å². The second-order valence-electron chi connectivity index (χ2n) is 10.9. The number of aryl methyl sites for hydroxylation is 1. The van der Waals surface area contributed by atoms with Crippen LogP contribution in [0.15, 0.2) is 71.1 Å². The molecule has 11 heteroatoms. The lowest BCUT2D eigenvalue weighted by Gasteiger charge is -2.31. The van der Waals surface area contributed by atoms with E-state index in [9.17, 15) is 19.7 Å². The van der Waals surface area contributed by atoms with Gasteiger partial charge in [-0.15, -0.1) is 0 Å². The van der Waals surface area contributed by atoms with Crippen LogP contribution in [0.4, 0.5) is 5.69 Å². The standard InChI is InChI=1S/C34H42N2O9/c1-4-28-32(33(37)41-3)31(25-11-7-12-26(22-25)36(39)40)30(23(2)35-28)34(38)45-21-9-20-42-27-16-14-24(15-17-27)10-8-19-44-29-13-5-6-18-43-29/h7,11-12,14-17,22,29,31,35H,4-6,8-10,13,18-21H2,1-3H3. The van der Waals surface area contributed by atoms with Crippen LogP contribution in [0, 0.1) is 10.1 Å². The highest BCUT2D eigenvalue weighted by molar-refractivity contribution is 6.00. The van der Waals surface area contributed by atoms with Crippen LogP contribution in [0.25, 0.3) is 0 Å². The highest BCUT2D eigenvalue weighted by atomic mass is 16.7. The molecule has 0 radical (unpaired) electrons. The number of methoxy groups -OCH3 is 1. The van der Waals surface area contributed by atoms with E-state index in [1.54, 1.807) is 13.0 Å². The zero-order valence-corrected chi connectivity index (χ0v) is 26.2. The van der Waals surface area contributed by atoms with E-state index in [0.29, 0.717) is 43.0 Å². The van der Waals surface area contributed by atoms with Gasteiger partial charge >= 0.3 is 11.9 Å². The Morgan fingerprint density at radius 2 is 1.82 bits per heavy atom. The summed E-state index contributed by atoms with van der Waals surface area (Å²) in [7, 11) is 1.26. The Bertz CT molecular complexity index is 1390. The maximum absolute atomic E-state index is 13.4. The molecule has 0 spiro atoms. The molecule has 2 unspecified atom stereocenters. The van der Waals surface area contributed by atoms with E-state index in [2.05, 4.69) is 5.32 Å². The quantitative estimate of drug-likeness (QED) is 0.111. The van der Waals surface area contributed by atoms with Crippen molar-refractivity contribution < 1.29 is 38.2 Å². The smallest absolute Gasteiger partial charge is 0.336 e. The van der Waals surface area contributed by atoms with Crippen molar-refractivity contribution >= 4 is 17.6 Å². The molecule has 1 fully saturated rings. The lowest BCUT2D eigenvalue weighted by atomic mass is 9.79. The largest absolute Gasteiger partial charge is 0.493 e. The number of nitrogens with one attached hydrogen (secondary N) is 1. The van der Waals surface area contributed by atoms with E-state index in [0.717, 1.165) is 44.5 Å². The minimum Gasteiger partial charge on any atom is -0.493 e. The number of carbonyl (C=O) groups excluding carboxylic acids is 2. The molecule has 11 nitrogen and oxygen atoms in total. The minimum absolute atomic E-state index is 0.0637. The number of non-ortho nitro benzene ring substituents is 1. The molecule has 2 aliphatic rings. The highest BCUT2D eigenvalue weighted by Gasteiger charge is 2.38. The fraction of sp³-hybridized carbons (Fsp3) is 0.471. The van der Waals surface area contributed by atoms with Crippen LogP contribution in [0.2, 0.25) is 0 Å². The number of esters is 2. The number of dihydropyridines is 1. The third kappa shape index (κ3) is 9.15. The second-order valence-corrected chi connectivity index (χ2v) is 10.9. The molecule has 4 rings (SSSR count). The first-order valence-corrected chi connectivity index (χ1v) is 15.5. The first-order valence-electron chi connectivity index (χ1n) is 15.5. The zero-order chi connectivity index (χ0) is 32.2. The number of hydrogen-bond acceptors (Lipinski definition) is 10. The molecule has 0 saturated carbocycles. The first-order chi connectivity index (χ1) is 21.8.